The Bertz CT molecular complexity index is 1110. The number of phosphoric acid groups is 1. The third kappa shape index (κ3) is 33.5. The first kappa shape index (κ1) is 61.1. The van der Waals surface area contributed by atoms with E-state index in [1.165, 1.54) is 180 Å². The summed E-state index contributed by atoms with van der Waals surface area (Å²) in [4.78, 5) is 23.2. The predicted octanol–water partition coefficient (Wildman–Crippen LogP) is 11.9. The van der Waals surface area contributed by atoms with Crippen LogP contribution in [0.4, 0.5) is 0 Å². The number of unbranched alkanes of at least 4 members (excludes halogenated alkanes) is 32. The largest absolute Gasteiger partial charge is 0.472 e. The van der Waals surface area contributed by atoms with Crippen LogP contribution in [0, 0.1) is 0 Å². The number of carbonyl (C=O) groups excluding carboxylic acids is 1. The number of carbonyl (C=O) groups is 1. The summed E-state index contributed by atoms with van der Waals surface area (Å²) >= 11 is 0. The van der Waals surface area contributed by atoms with Gasteiger partial charge in [-0.15, -0.1) is 0 Å². The van der Waals surface area contributed by atoms with Crippen molar-refractivity contribution in [1.29, 1.82) is 0 Å². The Balaban J connectivity index is 2.29. The molecule has 1 aliphatic rings. The molecule has 0 amide bonds. The van der Waals surface area contributed by atoms with Gasteiger partial charge in [0.15, 0.2) is 0 Å². The maximum Gasteiger partial charge on any atom is 0.472 e. The fraction of sp³-hybridized carbons (Fsp3) is 0.941. The molecule has 0 heterocycles. The van der Waals surface area contributed by atoms with Crippen LogP contribution in [0.1, 0.15) is 245 Å². The minimum Gasteiger partial charge on any atom is -0.457 e. The third-order valence-corrected chi connectivity index (χ3v) is 13.6. The molecule has 64 heavy (non-hydrogen) atoms. The highest BCUT2D eigenvalue weighted by molar-refractivity contribution is 7.47. The van der Waals surface area contributed by atoms with Gasteiger partial charge in [0.25, 0.3) is 0 Å². The zero-order valence-corrected chi connectivity index (χ0v) is 41.7. The van der Waals surface area contributed by atoms with Gasteiger partial charge in [0.1, 0.15) is 42.7 Å². The Morgan fingerprint density at radius 3 is 1.23 bits per heavy atom. The number of ether oxygens (including phenoxy) is 2. The SMILES string of the molecule is CCCCCCCCCC/C=C\CCCCCCCCCCCCCC(=O)OC(COCCCCCCCCCCCCCCCC)COP(=O)(O)OC1C(O)C(O)C(O)C(O)C1O. The molecule has 0 saturated heterocycles. The summed E-state index contributed by atoms with van der Waals surface area (Å²) in [6.07, 6.45) is 35.7. The Morgan fingerprint density at radius 1 is 0.484 bits per heavy atom. The number of aliphatic hydroxyl groups is 5. The standard InChI is InChI=1S/C51H99O12P/c1-3-5-7-9-11-13-15-17-19-20-21-22-23-24-25-26-27-28-30-32-34-36-38-40-45(52)62-44(42-60-41-39-37-35-33-31-29-18-16-14-12-10-8-6-4-2)43-61-64(58,59)63-51-49(56)47(54)46(53)48(55)50(51)57/h20-21,44,46-51,53-57H,3-19,22-43H2,1-2H3,(H,58,59)/b21-20-. The second-order valence-electron chi connectivity index (χ2n) is 18.7. The second kappa shape index (κ2) is 42.2. The highest BCUT2D eigenvalue weighted by Crippen LogP contribution is 2.47. The minimum atomic E-state index is -5.02. The van der Waals surface area contributed by atoms with Gasteiger partial charge in [-0.2, -0.15) is 0 Å². The summed E-state index contributed by atoms with van der Waals surface area (Å²) < 4.78 is 34.3. The normalized spacial score (nSPS) is 21.7. The molecule has 6 atom stereocenters. The van der Waals surface area contributed by atoms with E-state index in [-0.39, 0.29) is 13.0 Å². The summed E-state index contributed by atoms with van der Waals surface area (Å²) in [7, 11) is -5.02. The molecule has 1 rings (SSSR count). The van der Waals surface area contributed by atoms with Gasteiger partial charge in [0, 0.05) is 13.0 Å². The van der Waals surface area contributed by atoms with Gasteiger partial charge in [-0.3, -0.25) is 13.8 Å². The highest BCUT2D eigenvalue weighted by atomic mass is 31.2. The zero-order chi connectivity index (χ0) is 46.9. The summed E-state index contributed by atoms with van der Waals surface area (Å²) in [5.74, 6) is -0.472. The average Bonchev–Trinajstić information content (AvgIpc) is 3.28. The van der Waals surface area contributed by atoms with E-state index < -0.39 is 63.1 Å². The van der Waals surface area contributed by atoms with Crippen LogP contribution in [-0.2, 0) is 27.9 Å². The molecule has 12 nitrogen and oxygen atoms in total. The second-order valence-corrected chi connectivity index (χ2v) is 20.1. The zero-order valence-electron chi connectivity index (χ0n) is 40.9. The Morgan fingerprint density at radius 2 is 0.828 bits per heavy atom. The van der Waals surface area contributed by atoms with Gasteiger partial charge < -0.3 is 39.9 Å². The lowest BCUT2D eigenvalue weighted by Crippen LogP contribution is -2.64. The lowest BCUT2D eigenvalue weighted by atomic mass is 9.85. The van der Waals surface area contributed by atoms with E-state index in [4.69, 9.17) is 18.5 Å². The molecular weight excluding hydrogens is 836 g/mol. The van der Waals surface area contributed by atoms with E-state index in [2.05, 4.69) is 26.0 Å². The van der Waals surface area contributed by atoms with Crippen molar-refractivity contribution >= 4 is 13.8 Å². The van der Waals surface area contributed by atoms with Gasteiger partial charge in [-0.05, 0) is 38.5 Å². The van der Waals surface area contributed by atoms with E-state index in [9.17, 15) is 39.8 Å². The monoisotopic (exact) mass is 935 g/mol. The van der Waals surface area contributed by atoms with Crippen molar-refractivity contribution in [2.45, 2.75) is 288 Å². The van der Waals surface area contributed by atoms with Gasteiger partial charge in [-0.1, -0.05) is 212 Å². The van der Waals surface area contributed by atoms with Crippen LogP contribution in [-0.4, -0.2) is 98.9 Å². The van der Waals surface area contributed by atoms with Crippen molar-refractivity contribution in [3.05, 3.63) is 12.2 Å². The predicted molar refractivity (Wildman–Crippen MR) is 258 cm³/mol. The molecule has 1 fully saturated rings. The molecule has 13 heteroatoms. The summed E-state index contributed by atoms with van der Waals surface area (Å²) in [6, 6.07) is 0. The van der Waals surface area contributed by atoms with E-state index in [0.29, 0.717) is 13.0 Å². The van der Waals surface area contributed by atoms with Crippen LogP contribution >= 0.6 is 7.82 Å². The highest BCUT2D eigenvalue weighted by Gasteiger charge is 2.51. The smallest absolute Gasteiger partial charge is 0.457 e. The molecule has 380 valence electrons. The van der Waals surface area contributed by atoms with Crippen molar-refractivity contribution in [3.63, 3.8) is 0 Å². The number of phosphoric ester groups is 1. The maximum absolute atomic E-state index is 12.8. The van der Waals surface area contributed by atoms with Gasteiger partial charge >= 0.3 is 13.8 Å². The van der Waals surface area contributed by atoms with Crippen LogP contribution in [0.5, 0.6) is 0 Å². The first-order chi connectivity index (χ1) is 31.0. The Kier molecular flexibility index (Phi) is 40.3. The number of esters is 1. The fourth-order valence-electron chi connectivity index (χ4n) is 8.41. The van der Waals surface area contributed by atoms with E-state index in [1.54, 1.807) is 0 Å². The molecule has 6 unspecified atom stereocenters. The quantitative estimate of drug-likeness (QED) is 0.0147. The molecule has 0 radical (unpaired) electrons. The molecule has 0 bridgehead atoms. The molecule has 0 aliphatic heterocycles. The maximum atomic E-state index is 12.8. The number of allylic oxidation sites excluding steroid dienone is 2. The van der Waals surface area contributed by atoms with E-state index in [1.807, 2.05) is 0 Å². The average molecular weight is 935 g/mol. The summed E-state index contributed by atoms with van der Waals surface area (Å²) in [5.41, 5.74) is 0. The molecule has 1 saturated carbocycles. The van der Waals surface area contributed by atoms with Crippen LogP contribution < -0.4 is 0 Å². The molecule has 0 aromatic heterocycles. The van der Waals surface area contributed by atoms with Crippen LogP contribution in [0.25, 0.3) is 0 Å². The van der Waals surface area contributed by atoms with Crippen molar-refractivity contribution < 1.29 is 58.3 Å². The first-order valence-electron chi connectivity index (χ1n) is 26.5. The molecular formula is C51H99O12P. The molecule has 6 N–H and O–H groups in total. The van der Waals surface area contributed by atoms with Crippen molar-refractivity contribution in [2.75, 3.05) is 19.8 Å². The lowest BCUT2D eigenvalue weighted by Gasteiger charge is -2.41. The Labute approximate surface area is 390 Å². The number of aliphatic hydroxyl groups excluding tert-OH is 5. The van der Waals surface area contributed by atoms with Crippen LogP contribution in [0.3, 0.4) is 0 Å². The molecule has 0 aromatic rings. The number of rotatable bonds is 46. The van der Waals surface area contributed by atoms with E-state index >= 15 is 0 Å². The van der Waals surface area contributed by atoms with Gasteiger partial charge in [0.2, 0.25) is 0 Å². The van der Waals surface area contributed by atoms with Crippen molar-refractivity contribution in [1.82, 2.24) is 0 Å². The molecule has 1 aliphatic carbocycles. The van der Waals surface area contributed by atoms with Crippen molar-refractivity contribution in [2.24, 2.45) is 0 Å². The van der Waals surface area contributed by atoms with Crippen LogP contribution in [0.2, 0.25) is 0 Å². The topological polar surface area (TPSA) is 192 Å². The number of hydrogen-bond donors (Lipinski definition) is 6. The molecule has 0 aromatic carbocycles. The third-order valence-electron chi connectivity index (χ3n) is 12.6. The Hall–Kier alpha value is -0.920. The summed E-state index contributed by atoms with van der Waals surface area (Å²) in [5, 5.41) is 50.3. The van der Waals surface area contributed by atoms with E-state index in [0.717, 1.165) is 38.5 Å². The van der Waals surface area contributed by atoms with Gasteiger partial charge in [-0.25, -0.2) is 4.57 Å². The fourth-order valence-corrected chi connectivity index (χ4v) is 9.38. The lowest BCUT2D eigenvalue weighted by molar-refractivity contribution is -0.220. The summed E-state index contributed by atoms with van der Waals surface area (Å²) in [6.45, 7) is 4.30. The van der Waals surface area contributed by atoms with Gasteiger partial charge in [0.05, 0.1) is 13.2 Å². The van der Waals surface area contributed by atoms with Crippen molar-refractivity contribution in [3.8, 4) is 0 Å². The first-order valence-corrected chi connectivity index (χ1v) is 28.0. The number of hydrogen-bond acceptors (Lipinski definition) is 11. The minimum absolute atomic E-state index is 0.0705. The van der Waals surface area contributed by atoms with Crippen LogP contribution in [0.15, 0.2) is 12.2 Å². The molecule has 0 spiro atoms.